The van der Waals surface area contributed by atoms with Crippen LogP contribution in [0.15, 0.2) is 76.5 Å². The lowest BCUT2D eigenvalue weighted by molar-refractivity contribution is 0.803. The third-order valence-electron chi connectivity index (χ3n) is 3.31. The van der Waals surface area contributed by atoms with Crippen LogP contribution in [0.3, 0.4) is 0 Å². The molecule has 3 aromatic rings. The number of fused-ring (bicyclic) bond motifs is 1. The van der Waals surface area contributed by atoms with Crippen LogP contribution >= 0.6 is 24.2 Å². The highest BCUT2D eigenvalue weighted by Crippen LogP contribution is 2.35. The zero-order chi connectivity index (χ0) is 13.8. The van der Waals surface area contributed by atoms with Crippen LogP contribution in [0.5, 0.6) is 0 Å². The van der Waals surface area contributed by atoms with E-state index in [1.807, 2.05) is 18.8 Å². The van der Waals surface area contributed by atoms with Gasteiger partial charge in [-0.1, -0.05) is 66.4 Å². The van der Waals surface area contributed by atoms with Crippen LogP contribution in [0.2, 0.25) is 0 Å². The Bertz CT molecular complexity index is 722. The Balaban J connectivity index is 0.00000161. The van der Waals surface area contributed by atoms with Crippen LogP contribution in [0, 0.1) is 0 Å². The largest absolute Gasteiger partial charge is 0.316 e. The molecule has 108 valence electrons. The number of benzene rings is 3. The molecular weight excluding hydrogens is 298 g/mol. The molecule has 21 heavy (non-hydrogen) atoms. The van der Waals surface area contributed by atoms with Gasteiger partial charge in [-0.2, -0.15) is 0 Å². The van der Waals surface area contributed by atoms with Gasteiger partial charge in [-0.15, -0.1) is 12.4 Å². The number of halogens is 1. The third kappa shape index (κ3) is 3.59. The molecule has 0 amide bonds. The predicted molar refractivity (Wildman–Crippen MR) is 94.5 cm³/mol. The maximum absolute atomic E-state index is 3.23. The van der Waals surface area contributed by atoms with Crippen LogP contribution < -0.4 is 5.32 Å². The summed E-state index contributed by atoms with van der Waals surface area (Å²) in [6.45, 7) is 0.897. The fraction of sp³-hybridized carbons (Fsp3) is 0.111. The van der Waals surface area contributed by atoms with E-state index in [0.29, 0.717) is 0 Å². The highest BCUT2D eigenvalue weighted by atomic mass is 35.5. The number of rotatable bonds is 4. The molecule has 0 bridgehead atoms. The summed E-state index contributed by atoms with van der Waals surface area (Å²) in [5.41, 5.74) is 1.34. The van der Waals surface area contributed by atoms with Gasteiger partial charge in [0.15, 0.2) is 0 Å². The first-order chi connectivity index (χ1) is 9.88. The minimum atomic E-state index is 0. The summed E-state index contributed by atoms with van der Waals surface area (Å²) in [6.07, 6.45) is 0. The van der Waals surface area contributed by atoms with E-state index < -0.39 is 0 Å². The fourth-order valence-electron chi connectivity index (χ4n) is 2.34. The monoisotopic (exact) mass is 315 g/mol. The first-order valence-corrected chi connectivity index (χ1v) is 7.58. The van der Waals surface area contributed by atoms with Gasteiger partial charge in [0.25, 0.3) is 0 Å². The summed E-state index contributed by atoms with van der Waals surface area (Å²) in [5.74, 6) is 0. The second-order valence-corrected chi connectivity index (χ2v) is 5.80. The summed E-state index contributed by atoms with van der Waals surface area (Å²) < 4.78 is 0. The van der Waals surface area contributed by atoms with Gasteiger partial charge in [0.05, 0.1) is 0 Å². The van der Waals surface area contributed by atoms with Gasteiger partial charge in [-0.25, -0.2) is 0 Å². The second kappa shape index (κ2) is 7.51. The fourth-order valence-corrected chi connectivity index (χ4v) is 3.44. The van der Waals surface area contributed by atoms with Gasteiger partial charge in [-0.05, 0) is 35.5 Å². The van der Waals surface area contributed by atoms with Crippen LogP contribution in [-0.4, -0.2) is 7.05 Å². The minimum absolute atomic E-state index is 0. The van der Waals surface area contributed by atoms with Crippen molar-refractivity contribution in [3.63, 3.8) is 0 Å². The summed E-state index contributed by atoms with van der Waals surface area (Å²) >= 11 is 1.84. The molecule has 0 spiro atoms. The smallest absolute Gasteiger partial charge is 0.0213 e. The summed E-state index contributed by atoms with van der Waals surface area (Å²) in [6, 6.07) is 23.6. The lowest BCUT2D eigenvalue weighted by atomic mass is 10.1. The quantitative estimate of drug-likeness (QED) is 0.716. The van der Waals surface area contributed by atoms with Crippen LogP contribution in [0.1, 0.15) is 5.56 Å². The van der Waals surface area contributed by atoms with Crippen molar-refractivity contribution in [2.24, 2.45) is 0 Å². The lowest BCUT2D eigenvalue weighted by Gasteiger charge is -2.10. The molecule has 0 heterocycles. The predicted octanol–water partition coefficient (Wildman–Crippen LogP) is 5.13. The van der Waals surface area contributed by atoms with Gasteiger partial charge in [0.2, 0.25) is 0 Å². The van der Waals surface area contributed by atoms with E-state index in [9.17, 15) is 0 Å². The molecule has 3 heteroatoms. The normalized spacial score (nSPS) is 10.3. The van der Waals surface area contributed by atoms with E-state index in [2.05, 4.69) is 72.0 Å². The average Bonchev–Trinajstić information content (AvgIpc) is 2.50. The van der Waals surface area contributed by atoms with Gasteiger partial charge in [-0.3, -0.25) is 0 Å². The maximum atomic E-state index is 3.23. The number of hydrogen-bond donors (Lipinski definition) is 1. The van der Waals surface area contributed by atoms with Gasteiger partial charge >= 0.3 is 0 Å². The first kappa shape index (κ1) is 15.9. The van der Waals surface area contributed by atoms with Crippen molar-refractivity contribution in [1.29, 1.82) is 0 Å². The van der Waals surface area contributed by atoms with E-state index in [-0.39, 0.29) is 12.4 Å². The van der Waals surface area contributed by atoms with Crippen LogP contribution in [-0.2, 0) is 6.54 Å². The molecule has 1 N–H and O–H groups in total. The van der Waals surface area contributed by atoms with Crippen molar-refractivity contribution in [3.05, 3.63) is 72.3 Å². The van der Waals surface area contributed by atoms with Crippen molar-refractivity contribution in [3.8, 4) is 0 Å². The van der Waals surface area contributed by atoms with E-state index in [1.165, 1.54) is 26.1 Å². The molecule has 0 atom stereocenters. The highest BCUT2D eigenvalue weighted by molar-refractivity contribution is 7.99. The van der Waals surface area contributed by atoms with Crippen LogP contribution in [0.4, 0.5) is 0 Å². The summed E-state index contributed by atoms with van der Waals surface area (Å²) in [4.78, 5) is 2.63. The molecule has 0 unspecified atom stereocenters. The third-order valence-corrected chi connectivity index (χ3v) is 4.50. The zero-order valence-electron chi connectivity index (χ0n) is 11.9. The Morgan fingerprint density at radius 3 is 2.33 bits per heavy atom. The molecule has 0 aromatic heterocycles. The maximum Gasteiger partial charge on any atom is 0.0213 e. The zero-order valence-corrected chi connectivity index (χ0v) is 13.5. The topological polar surface area (TPSA) is 12.0 Å². The van der Waals surface area contributed by atoms with Crippen molar-refractivity contribution < 1.29 is 0 Å². The molecule has 1 nitrogen and oxygen atoms in total. The van der Waals surface area contributed by atoms with E-state index in [1.54, 1.807) is 0 Å². The molecule has 0 fully saturated rings. The van der Waals surface area contributed by atoms with Gasteiger partial charge in [0, 0.05) is 16.3 Å². The summed E-state index contributed by atoms with van der Waals surface area (Å²) in [7, 11) is 1.99. The summed E-state index contributed by atoms with van der Waals surface area (Å²) in [5, 5.41) is 5.85. The Hall–Kier alpha value is -1.48. The minimum Gasteiger partial charge on any atom is -0.316 e. The first-order valence-electron chi connectivity index (χ1n) is 6.76. The number of nitrogens with one attached hydrogen (secondary N) is 1. The van der Waals surface area contributed by atoms with Crippen LogP contribution in [0.25, 0.3) is 10.8 Å². The molecule has 0 saturated carbocycles. The van der Waals surface area contributed by atoms with E-state index >= 15 is 0 Å². The lowest BCUT2D eigenvalue weighted by Crippen LogP contribution is -2.05. The molecule has 0 aliphatic carbocycles. The average molecular weight is 316 g/mol. The Morgan fingerprint density at radius 1 is 0.810 bits per heavy atom. The number of hydrogen-bond acceptors (Lipinski definition) is 2. The highest BCUT2D eigenvalue weighted by Gasteiger charge is 2.06. The molecule has 0 aliphatic rings. The SMILES string of the molecule is CNCc1ccccc1Sc1cccc2ccccc12.Cl. The van der Waals surface area contributed by atoms with E-state index in [4.69, 9.17) is 0 Å². The van der Waals surface area contributed by atoms with Crippen molar-refractivity contribution >= 4 is 34.9 Å². The molecule has 0 saturated heterocycles. The standard InChI is InChI=1S/C18H17NS.ClH/c1-19-13-15-8-3-5-11-17(15)20-18-12-6-9-14-7-2-4-10-16(14)18;/h2-12,19H,13H2,1H3;1H. The van der Waals surface area contributed by atoms with Crippen molar-refractivity contribution in [1.82, 2.24) is 5.32 Å². The Labute approximate surface area is 136 Å². The Morgan fingerprint density at radius 2 is 1.48 bits per heavy atom. The van der Waals surface area contributed by atoms with Crippen molar-refractivity contribution in [2.45, 2.75) is 16.3 Å². The molecule has 3 aromatic carbocycles. The van der Waals surface area contributed by atoms with Crippen molar-refractivity contribution in [2.75, 3.05) is 7.05 Å². The van der Waals surface area contributed by atoms with Gasteiger partial charge < -0.3 is 5.32 Å². The Kier molecular flexibility index (Phi) is 5.68. The second-order valence-electron chi connectivity index (χ2n) is 4.72. The molecule has 0 aliphatic heterocycles. The van der Waals surface area contributed by atoms with Gasteiger partial charge in [0.1, 0.15) is 0 Å². The molecular formula is C18H18ClNS. The van der Waals surface area contributed by atoms with E-state index in [0.717, 1.165) is 6.54 Å². The molecule has 0 radical (unpaired) electrons. The molecule has 3 rings (SSSR count).